The van der Waals surface area contributed by atoms with Gasteiger partial charge >= 0.3 is 0 Å². The van der Waals surface area contributed by atoms with E-state index in [1.54, 1.807) is 13.2 Å². The molecule has 4 rings (SSSR count). The topological polar surface area (TPSA) is 83.2 Å². The van der Waals surface area contributed by atoms with Gasteiger partial charge in [-0.25, -0.2) is 4.39 Å². The Morgan fingerprint density at radius 3 is 2.69 bits per heavy atom. The van der Waals surface area contributed by atoms with Crippen molar-refractivity contribution in [1.82, 2.24) is 10.2 Å². The van der Waals surface area contributed by atoms with Crippen molar-refractivity contribution in [1.29, 1.82) is 0 Å². The SMILES string of the molecule is CCOc1cc(F)c(N2CCN(C(O)[C@@H]3CCCCC3CCCNC3(N)CC3)C(C)C2)cc1OC. The Morgan fingerprint density at radius 1 is 1.23 bits per heavy atom. The number of nitrogens with one attached hydrogen (secondary N) is 1. The van der Waals surface area contributed by atoms with E-state index < -0.39 is 6.23 Å². The van der Waals surface area contributed by atoms with E-state index in [9.17, 15) is 9.50 Å². The van der Waals surface area contributed by atoms with Crippen LogP contribution in [-0.2, 0) is 0 Å². The lowest BCUT2D eigenvalue weighted by atomic mass is 9.75. The van der Waals surface area contributed by atoms with Gasteiger partial charge in [0.15, 0.2) is 11.5 Å². The molecule has 2 aliphatic carbocycles. The first-order chi connectivity index (χ1) is 16.8. The van der Waals surface area contributed by atoms with Gasteiger partial charge in [0.2, 0.25) is 0 Å². The summed E-state index contributed by atoms with van der Waals surface area (Å²) in [7, 11) is 1.58. The predicted octanol–water partition coefficient (Wildman–Crippen LogP) is 3.69. The number of anilines is 1. The maximum Gasteiger partial charge on any atom is 0.164 e. The fourth-order valence-corrected chi connectivity index (χ4v) is 6.02. The zero-order chi connectivity index (χ0) is 25.0. The minimum Gasteiger partial charge on any atom is -0.493 e. The van der Waals surface area contributed by atoms with Crippen LogP contribution in [0.4, 0.5) is 10.1 Å². The van der Waals surface area contributed by atoms with Gasteiger partial charge in [-0.2, -0.15) is 0 Å². The van der Waals surface area contributed by atoms with Crippen LogP contribution in [0.3, 0.4) is 0 Å². The molecular formula is C27H45FN4O3. The summed E-state index contributed by atoms with van der Waals surface area (Å²) in [6.07, 6.45) is 8.67. The Bertz CT molecular complexity index is 837. The van der Waals surface area contributed by atoms with Crippen molar-refractivity contribution in [3.8, 4) is 11.5 Å². The normalized spacial score (nSPS) is 27.5. The van der Waals surface area contributed by atoms with Crippen LogP contribution < -0.4 is 25.4 Å². The van der Waals surface area contributed by atoms with Crippen LogP contribution in [0.25, 0.3) is 0 Å². The van der Waals surface area contributed by atoms with Gasteiger partial charge in [-0.1, -0.05) is 19.3 Å². The van der Waals surface area contributed by atoms with E-state index in [0.29, 0.717) is 55.3 Å². The van der Waals surface area contributed by atoms with E-state index in [4.69, 9.17) is 15.2 Å². The lowest BCUT2D eigenvalue weighted by Crippen LogP contribution is -2.58. The van der Waals surface area contributed by atoms with Crippen molar-refractivity contribution in [3.05, 3.63) is 17.9 Å². The molecule has 35 heavy (non-hydrogen) atoms. The number of aliphatic hydroxyl groups excluding tert-OH is 1. The molecule has 1 aliphatic heterocycles. The maximum absolute atomic E-state index is 15.0. The fraction of sp³-hybridized carbons (Fsp3) is 0.778. The third-order valence-corrected chi connectivity index (χ3v) is 8.26. The van der Waals surface area contributed by atoms with Crippen molar-refractivity contribution >= 4 is 5.69 Å². The zero-order valence-corrected chi connectivity index (χ0v) is 21.8. The number of hydrogen-bond donors (Lipinski definition) is 3. The zero-order valence-electron chi connectivity index (χ0n) is 21.8. The molecule has 4 atom stereocenters. The molecule has 1 aromatic carbocycles. The first-order valence-corrected chi connectivity index (χ1v) is 13.6. The number of nitrogens with two attached hydrogens (primary N) is 1. The molecule has 0 spiro atoms. The Balaban J connectivity index is 1.35. The van der Waals surface area contributed by atoms with Gasteiger partial charge in [-0.3, -0.25) is 10.2 Å². The number of benzene rings is 1. The number of nitrogens with zero attached hydrogens (tertiary/aromatic N) is 2. The van der Waals surface area contributed by atoms with E-state index in [1.165, 1.54) is 25.3 Å². The van der Waals surface area contributed by atoms with E-state index in [2.05, 4.69) is 22.0 Å². The summed E-state index contributed by atoms with van der Waals surface area (Å²) in [5.74, 6) is 1.51. The third kappa shape index (κ3) is 6.40. The highest BCUT2D eigenvalue weighted by Gasteiger charge is 2.39. The van der Waals surface area contributed by atoms with Crippen LogP contribution in [0.2, 0.25) is 0 Å². The summed E-state index contributed by atoms with van der Waals surface area (Å²) >= 11 is 0. The second-order valence-electron chi connectivity index (χ2n) is 10.8. The predicted molar refractivity (Wildman–Crippen MR) is 137 cm³/mol. The van der Waals surface area contributed by atoms with Crippen molar-refractivity contribution < 1.29 is 19.0 Å². The van der Waals surface area contributed by atoms with Gasteiger partial charge in [-0.05, 0) is 58.4 Å². The van der Waals surface area contributed by atoms with Crippen LogP contribution in [0.5, 0.6) is 11.5 Å². The lowest BCUT2D eigenvalue weighted by Gasteiger charge is -2.47. The van der Waals surface area contributed by atoms with Crippen LogP contribution >= 0.6 is 0 Å². The first-order valence-electron chi connectivity index (χ1n) is 13.6. The van der Waals surface area contributed by atoms with E-state index in [1.807, 2.05) is 6.92 Å². The summed E-state index contributed by atoms with van der Waals surface area (Å²) in [6.45, 7) is 7.45. The van der Waals surface area contributed by atoms with Crippen LogP contribution in [0.1, 0.15) is 65.2 Å². The summed E-state index contributed by atoms with van der Waals surface area (Å²) in [4.78, 5) is 4.30. The second-order valence-corrected chi connectivity index (χ2v) is 10.8. The number of aliphatic hydroxyl groups is 1. The van der Waals surface area contributed by atoms with Crippen molar-refractivity contribution in [2.75, 3.05) is 44.8 Å². The molecule has 1 aromatic rings. The smallest absolute Gasteiger partial charge is 0.164 e. The van der Waals surface area contributed by atoms with E-state index >= 15 is 0 Å². The molecule has 198 valence electrons. The monoisotopic (exact) mass is 492 g/mol. The average Bonchev–Trinajstić information content (AvgIpc) is 3.59. The maximum atomic E-state index is 15.0. The Morgan fingerprint density at radius 2 is 2.00 bits per heavy atom. The summed E-state index contributed by atoms with van der Waals surface area (Å²) in [5.41, 5.74) is 6.58. The highest BCUT2D eigenvalue weighted by atomic mass is 19.1. The second kappa shape index (κ2) is 11.6. The highest BCUT2D eigenvalue weighted by Crippen LogP contribution is 2.39. The molecule has 0 bridgehead atoms. The minimum absolute atomic E-state index is 0.104. The molecule has 1 saturated heterocycles. The van der Waals surface area contributed by atoms with Crippen LogP contribution in [0.15, 0.2) is 12.1 Å². The first kappa shape index (κ1) is 26.5. The quantitative estimate of drug-likeness (QED) is 0.321. The van der Waals surface area contributed by atoms with Gasteiger partial charge in [0.05, 0.1) is 25.1 Å². The van der Waals surface area contributed by atoms with Crippen molar-refractivity contribution in [3.63, 3.8) is 0 Å². The van der Waals surface area contributed by atoms with Crippen LogP contribution in [-0.4, -0.2) is 67.8 Å². The summed E-state index contributed by atoms with van der Waals surface area (Å²) in [5, 5.41) is 15.0. The molecule has 3 aliphatic rings. The standard InChI is InChI=1S/C27H45FN4O3/c1-4-35-25-16-22(28)23(17-24(25)34-3)31-14-15-32(19(2)18-31)26(33)21-10-6-5-8-20(21)9-7-13-30-27(29)11-12-27/h16-17,19-21,26,30,33H,4-15,18,29H2,1-3H3/t19?,20?,21-,26?/m1/s1. The highest BCUT2D eigenvalue weighted by molar-refractivity contribution is 5.58. The van der Waals surface area contributed by atoms with Crippen molar-refractivity contribution in [2.45, 2.75) is 83.1 Å². The van der Waals surface area contributed by atoms with Crippen molar-refractivity contribution in [2.24, 2.45) is 17.6 Å². The van der Waals surface area contributed by atoms with E-state index in [0.717, 1.165) is 38.6 Å². The molecular weight excluding hydrogens is 447 g/mol. The molecule has 4 N–H and O–H groups in total. The van der Waals surface area contributed by atoms with Gasteiger partial charge in [0.25, 0.3) is 0 Å². The Labute approximate surface area is 210 Å². The Hall–Kier alpha value is -1.61. The largest absolute Gasteiger partial charge is 0.493 e. The molecule has 3 fully saturated rings. The number of hydrogen-bond acceptors (Lipinski definition) is 7. The fourth-order valence-electron chi connectivity index (χ4n) is 6.02. The molecule has 1 heterocycles. The van der Waals surface area contributed by atoms with Crippen LogP contribution in [0, 0.1) is 17.7 Å². The number of ether oxygens (including phenoxy) is 2. The van der Waals surface area contributed by atoms with Gasteiger partial charge in [0, 0.05) is 43.7 Å². The molecule has 8 heteroatoms. The molecule has 7 nitrogen and oxygen atoms in total. The molecule has 0 aromatic heterocycles. The third-order valence-electron chi connectivity index (χ3n) is 8.26. The minimum atomic E-state index is -0.450. The Kier molecular flexibility index (Phi) is 8.79. The summed E-state index contributed by atoms with van der Waals surface area (Å²) in [6, 6.07) is 3.27. The lowest BCUT2D eigenvalue weighted by molar-refractivity contribution is -0.0903. The van der Waals surface area contributed by atoms with Gasteiger partial charge in [0.1, 0.15) is 12.0 Å². The number of halogens is 1. The number of methoxy groups -OCH3 is 1. The average molecular weight is 493 g/mol. The number of rotatable bonds is 11. The molecule has 0 radical (unpaired) electrons. The summed E-state index contributed by atoms with van der Waals surface area (Å²) < 4.78 is 25.9. The molecule has 3 unspecified atom stereocenters. The van der Waals surface area contributed by atoms with Gasteiger partial charge < -0.3 is 25.2 Å². The van der Waals surface area contributed by atoms with Gasteiger partial charge in [-0.15, -0.1) is 0 Å². The van der Waals surface area contributed by atoms with E-state index in [-0.39, 0.29) is 17.5 Å². The number of piperazine rings is 1. The molecule has 2 saturated carbocycles. The molecule has 0 amide bonds.